The zero-order chi connectivity index (χ0) is 15.7. The number of thiazole rings is 1. The van der Waals surface area contributed by atoms with E-state index in [1.807, 2.05) is 0 Å². The van der Waals surface area contributed by atoms with E-state index in [-0.39, 0.29) is 16.5 Å². The van der Waals surface area contributed by atoms with E-state index in [4.69, 9.17) is 5.26 Å². The van der Waals surface area contributed by atoms with Gasteiger partial charge in [0.15, 0.2) is 4.34 Å². The first-order chi connectivity index (χ1) is 10.5. The summed E-state index contributed by atoms with van der Waals surface area (Å²) in [5, 5.41) is 10.7. The first kappa shape index (κ1) is 14.7. The van der Waals surface area contributed by atoms with E-state index >= 15 is 0 Å². The molecule has 0 fully saturated rings. The van der Waals surface area contributed by atoms with Crippen LogP contribution in [0.2, 0.25) is 0 Å². The summed E-state index contributed by atoms with van der Waals surface area (Å²) in [6.07, 6.45) is -1.61. The van der Waals surface area contributed by atoms with Crippen LogP contribution in [0.15, 0.2) is 34.2 Å². The maximum atomic E-state index is 13.1. The molecule has 0 saturated carbocycles. The number of halogens is 3. The van der Waals surface area contributed by atoms with Gasteiger partial charge in [0, 0.05) is 35.1 Å². The highest BCUT2D eigenvalue weighted by atomic mass is 32.2. The Morgan fingerprint density at radius 2 is 2.18 bits per heavy atom. The van der Waals surface area contributed by atoms with Crippen LogP contribution in [0.4, 0.5) is 18.9 Å². The second kappa shape index (κ2) is 5.55. The van der Waals surface area contributed by atoms with Crippen molar-refractivity contribution < 1.29 is 13.2 Å². The van der Waals surface area contributed by atoms with Crippen molar-refractivity contribution in [1.29, 1.82) is 5.26 Å². The molecule has 0 aliphatic rings. The molecule has 2 N–H and O–H groups in total. The first-order valence-electron chi connectivity index (χ1n) is 5.94. The van der Waals surface area contributed by atoms with Crippen molar-refractivity contribution in [3.8, 4) is 6.07 Å². The number of hydrogen-bond acceptors (Lipinski definition) is 5. The van der Waals surface area contributed by atoms with Crippen LogP contribution in [0, 0.1) is 11.3 Å². The van der Waals surface area contributed by atoms with Crippen molar-refractivity contribution in [2.24, 2.45) is 0 Å². The van der Waals surface area contributed by atoms with E-state index in [0.717, 1.165) is 10.4 Å². The summed E-state index contributed by atoms with van der Waals surface area (Å²) < 4.78 is 43.0. The molecular weight excluding hydrogens is 333 g/mol. The van der Waals surface area contributed by atoms with Crippen LogP contribution in [-0.2, 0) is 6.18 Å². The van der Waals surface area contributed by atoms with Gasteiger partial charge in [0.05, 0.1) is 22.3 Å². The smallest absolute Gasteiger partial charge is 0.358 e. The molecule has 0 aliphatic heterocycles. The third-order valence-electron chi connectivity index (χ3n) is 2.92. The third-order valence-corrected chi connectivity index (χ3v) is 4.62. The summed E-state index contributed by atoms with van der Waals surface area (Å²) in [5.74, 6) is 0. The molecule has 2 aromatic heterocycles. The van der Waals surface area contributed by atoms with Gasteiger partial charge in [-0.1, -0.05) is 0 Å². The van der Waals surface area contributed by atoms with Crippen molar-refractivity contribution in [2.45, 2.75) is 10.5 Å². The second-order valence-electron chi connectivity index (χ2n) is 4.22. The lowest BCUT2D eigenvalue weighted by Crippen LogP contribution is -2.06. The summed E-state index contributed by atoms with van der Waals surface area (Å²) >= 11 is 2.61. The van der Waals surface area contributed by atoms with E-state index in [2.05, 4.69) is 14.7 Å². The van der Waals surface area contributed by atoms with Crippen molar-refractivity contribution in [3.63, 3.8) is 0 Å². The average Bonchev–Trinajstić information content (AvgIpc) is 3.12. The van der Waals surface area contributed by atoms with Gasteiger partial charge in [-0.2, -0.15) is 18.4 Å². The lowest BCUT2D eigenvalue weighted by molar-refractivity contribution is -0.136. The van der Waals surface area contributed by atoms with Crippen molar-refractivity contribution >= 4 is 39.9 Å². The Balaban J connectivity index is 2.06. The molecule has 4 nitrogen and oxygen atoms in total. The molecule has 2 heterocycles. The molecule has 0 radical (unpaired) electrons. The quantitative estimate of drug-likeness (QED) is 0.682. The fraction of sp³-hybridized carbons (Fsp3) is 0.0769. The lowest BCUT2D eigenvalue weighted by Gasteiger charge is -2.11. The van der Waals surface area contributed by atoms with Crippen LogP contribution < -0.4 is 4.72 Å². The van der Waals surface area contributed by atoms with Gasteiger partial charge in [-0.25, -0.2) is 4.98 Å². The Morgan fingerprint density at radius 3 is 2.82 bits per heavy atom. The number of aromatic amines is 1. The minimum absolute atomic E-state index is 0.0368. The fourth-order valence-electron chi connectivity index (χ4n) is 2.02. The topological polar surface area (TPSA) is 64.5 Å². The van der Waals surface area contributed by atoms with Gasteiger partial charge >= 0.3 is 6.18 Å². The van der Waals surface area contributed by atoms with Gasteiger partial charge in [0.2, 0.25) is 0 Å². The highest BCUT2D eigenvalue weighted by Gasteiger charge is 2.34. The minimum atomic E-state index is -4.52. The third kappa shape index (κ3) is 2.63. The van der Waals surface area contributed by atoms with Gasteiger partial charge in [0.25, 0.3) is 0 Å². The van der Waals surface area contributed by atoms with Gasteiger partial charge in [0.1, 0.15) is 6.07 Å². The highest BCUT2D eigenvalue weighted by molar-refractivity contribution is 8.02. The summed E-state index contributed by atoms with van der Waals surface area (Å²) in [5.41, 5.74) is -0.157. The predicted molar refractivity (Wildman–Crippen MR) is 79.6 cm³/mol. The van der Waals surface area contributed by atoms with Crippen molar-refractivity contribution in [3.05, 3.63) is 41.0 Å². The van der Waals surface area contributed by atoms with E-state index in [1.54, 1.807) is 17.6 Å². The molecule has 9 heteroatoms. The van der Waals surface area contributed by atoms with Crippen LogP contribution in [-0.4, -0.2) is 9.97 Å². The molecule has 0 unspecified atom stereocenters. The van der Waals surface area contributed by atoms with E-state index in [0.29, 0.717) is 5.69 Å². The molecule has 3 rings (SSSR count). The number of nitriles is 1. The largest absolute Gasteiger partial charge is 0.417 e. The molecule has 0 saturated heterocycles. The maximum absolute atomic E-state index is 13.1. The number of nitrogens with zero attached hydrogens (tertiary/aromatic N) is 2. The average molecular weight is 340 g/mol. The monoisotopic (exact) mass is 340 g/mol. The first-order valence-corrected chi connectivity index (χ1v) is 7.64. The molecule has 0 atom stereocenters. The predicted octanol–water partition coefficient (Wildman–Crippen LogP) is 4.63. The van der Waals surface area contributed by atoms with Crippen LogP contribution in [0.5, 0.6) is 0 Å². The zero-order valence-corrected chi connectivity index (χ0v) is 12.4. The number of benzene rings is 1. The summed E-state index contributed by atoms with van der Waals surface area (Å²) in [4.78, 5) is 6.80. The van der Waals surface area contributed by atoms with E-state index < -0.39 is 11.7 Å². The number of anilines is 1. The Morgan fingerprint density at radius 1 is 1.36 bits per heavy atom. The summed E-state index contributed by atoms with van der Waals surface area (Å²) in [6, 6.07) is 4.09. The van der Waals surface area contributed by atoms with Crippen molar-refractivity contribution in [1.82, 2.24) is 9.97 Å². The molecule has 1 aromatic carbocycles. The van der Waals surface area contributed by atoms with Crippen molar-refractivity contribution in [2.75, 3.05) is 4.72 Å². The molecule has 112 valence electrons. The van der Waals surface area contributed by atoms with Crippen LogP contribution in [0.1, 0.15) is 11.1 Å². The number of aromatic nitrogens is 2. The molecule has 22 heavy (non-hydrogen) atoms. The zero-order valence-electron chi connectivity index (χ0n) is 10.7. The van der Waals surface area contributed by atoms with Crippen LogP contribution in [0.25, 0.3) is 10.9 Å². The molecular formula is C13H7F3N4S2. The SMILES string of the molecule is N#Cc1c[nH]c2c(NSc3nccs3)ccc(C(F)(F)F)c12. The van der Waals surface area contributed by atoms with Crippen LogP contribution in [0.3, 0.4) is 0 Å². The number of fused-ring (bicyclic) bond motifs is 1. The Bertz CT molecular complexity index is 847. The highest BCUT2D eigenvalue weighted by Crippen LogP contribution is 2.39. The van der Waals surface area contributed by atoms with Crippen LogP contribution >= 0.6 is 23.3 Å². The van der Waals surface area contributed by atoms with E-state index in [1.165, 1.54) is 35.5 Å². The Labute approximate surface area is 131 Å². The summed E-state index contributed by atoms with van der Waals surface area (Å²) in [6.45, 7) is 0. The minimum Gasteiger partial charge on any atom is -0.358 e. The Hall–Kier alpha value is -2.18. The molecule has 0 bridgehead atoms. The van der Waals surface area contributed by atoms with E-state index in [9.17, 15) is 13.2 Å². The number of rotatable bonds is 3. The van der Waals surface area contributed by atoms with Gasteiger partial charge in [-0.3, -0.25) is 0 Å². The van der Waals surface area contributed by atoms with Gasteiger partial charge in [-0.15, -0.1) is 11.3 Å². The van der Waals surface area contributed by atoms with Gasteiger partial charge in [-0.05, 0) is 12.1 Å². The molecule has 0 amide bonds. The second-order valence-corrected chi connectivity index (χ2v) is 6.17. The molecule has 0 aliphatic carbocycles. The summed E-state index contributed by atoms with van der Waals surface area (Å²) in [7, 11) is 0. The number of H-pyrrole nitrogens is 1. The normalized spacial score (nSPS) is 11.5. The number of hydrogen-bond donors (Lipinski definition) is 2. The molecule has 3 aromatic rings. The Kier molecular flexibility index (Phi) is 3.72. The standard InChI is InChI=1S/C13H7F3N4S2/c14-13(15,16)8-1-2-9(20-22-12-18-3-4-21-12)11-10(8)7(5-17)6-19-11/h1-4,6,19-20H. The lowest BCUT2D eigenvalue weighted by atomic mass is 10.1. The molecule has 0 spiro atoms. The maximum Gasteiger partial charge on any atom is 0.417 e. The number of alkyl halides is 3. The van der Waals surface area contributed by atoms with Gasteiger partial charge < -0.3 is 9.71 Å². The number of nitrogens with one attached hydrogen (secondary N) is 2. The fourth-order valence-corrected chi connectivity index (χ4v) is 3.34.